The molecule has 2 rings (SSSR count). The summed E-state index contributed by atoms with van der Waals surface area (Å²) in [6.07, 6.45) is 3.01. The number of hydrogen-bond donors (Lipinski definition) is 1. The van der Waals surface area contributed by atoms with E-state index >= 15 is 0 Å². The molecule has 1 fully saturated rings. The van der Waals surface area contributed by atoms with Gasteiger partial charge in [0.05, 0.1) is 12.5 Å². The van der Waals surface area contributed by atoms with Gasteiger partial charge in [0.1, 0.15) is 0 Å². The number of rotatable bonds is 3. The number of anilines is 1. The maximum absolute atomic E-state index is 8.65. The van der Waals surface area contributed by atoms with Crippen molar-refractivity contribution in [1.82, 2.24) is 0 Å². The van der Waals surface area contributed by atoms with Gasteiger partial charge in [-0.1, -0.05) is 32.9 Å². The van der Waals surface area contributed by atoms with Gasteiger partial charge in [-0.05, 0) is 41.9 Å². The van der Waals surface area contributed by atoms with Crippen LogP contribution in [0.1, 0.15) is 39.2 Å². The van der Waals surface area contributed by atoms with Crippen molar-refractivity contribution in [3.63, 3.8) is 0 Å². The van der Waals surface area contributed by atoms with Crippen LogP contribution in [0.3, 0.4) is 0 Å². The highest BCUT2D eigenvalue weighted by molar-refractivity contribution is 5.46. The lowest BCUT2D eigenvalue weighted by Gasteiger charge is -2.20. The number of nitrogens with one attached hydrogen (secondary N) is 1. The van der Waals surface area contributed by atoms with Crippen LogP contribution in [0.25, 0.3) is 0 Å². The Morgan fingerprint density at radius 3 is 2.44 bits per heavy atom. The van der Waals surface area contributed by atoms with Crippen molar-refractivity contribution in [2.45, 2.75) is 46.1 Å². The molecule has 2 unspecified atom stereocenters. The fourth-order valence-electron chi connectivity index (χ4n) is 3.11. The van der Waals surface area contributed by atoms with Crippen LogP contribution in [0.5, 0.6) is 0 Å². The summed E-state index contributed by atoms with van der Waals surface area (Å²) in [7, 11) is 0. The number of hydrogen-bond acceptors (Lipinski definition) is 2. The third kappa shape index (κ3) is 3.04. The van der Waals surface area contributed by atoms with Gasteiger partial charge < -0.3 is 5.32 Å². The van der Waals surface area contributed by atoms with E-state index in [9.17, 15) is 0 Å². The van der Waals surface area contributed by atoms with E-state index in [1.54, 1.807) is 0 Å². The average molecular weight is 242 g/mol. The van der Waals surface area contributed by atoms with Crippen LogP contribution in [-0.4, -0.2) is 6.04 Å². The summed E-state index contributed by atoms with van der Waals surface area (Å²) >= 11 is 0. The van der Waals surface area contributed by atoms with E-state index in [0.717, 1.165) is 11.5 Å². The quantitative estimate of drug-likeness (QED) is 0.870. The molecule has 1 saturated carbocycles. The van der Waals surface area contributed by atoms with Crippen molar-refractivity contribution in [3.8, 4) is 6.07 Å². The molecule has 1 N–H and O–H groups in total. The van der Waals surface area contributed by atoms with Crippen LogP contribution in [-0.2, 0) is 6.42 Å². The van der Waals surface area contributed by atoms with Gasteiger partial charge in [0.2, 0.25) is 0 Å². The first kappa shape index (κ1) is 13.0. The van der Waals surface area contributed by atoms with Gasteiger partial charge >= 0.3 is 0 Å². The van der Waals surface area contributed by atoms with E-state index in [2.05, 4.69) is 44.3 Å². The first-order chi connectivity index (χ1) is 8.50. The standard InChI is InChI=1S/C16H22N2/c1-12-10-16(2,3)11-15(12)18-14-6-4-13(5-7-14)8-9-17/h4-7,12,15,18H,8,10-11H2,1-3H3. The minimum atomic E-state index is 0.456. The second-order valence-corrected chi connectivity index (χ2v) is 6.33. The highest BCUT2D eigenvalue weighted by Crippen LogP contribution is 2.42. The highest BCUT2D eigenvalue weighted by atomic mass is 14.9. The van der Waals surface area contributed by atoms with Crippen LogP contribution in [0, 0.1) is 22.7 Å². The van der Waals surface area contributed by atoms with Crippen molar-refractivity contribution < 1.29 is 0 Å². The monoisotopic (exact) mass is 242 g/mol. The molecule has 2 nitrogen and oxygen atoms in total. The second kappa shape index (κ2) is 5.02. The predicted molar refractivity (Wildman–Crippen MR) is 75.3 cm³/mol. The van der Waals surface area contributed by atoms with E-state index in [0.29, 0.717) is 17.9 Å². The first-order valence-electron chi connectivity index (χ1n) is 6.73. The summed E-state index contributed by atoms with van der Waals surface area (Å²) in [5, 5.41) is 12.3. The SMILES string of the molecule is CC1CC(C)(C)CC1Nc1ccc(CC#N)cc1. The maximum Gasteiger partial charge on any atom is 0.0669 e. The second-order valence-electron chi connectivity index (χ2n) is 6.33. The van der Waals surface area contributed by atoms with Gasteiger partial charge in [-0.15, -0.1) is 0 Å². The van der Waals surface area contributed by atoms with Gasteiger partial charge in [-0.2, -0.15) is 5.26 Å². The fourth-order valence-corrected chi connectivity index (χ4v) is 3.11. The summed E-state index contributed by atoms with van der Waals surface area (Å²) < 4.78 is 0. The molecule has 1 aromatic carbocycles. The van der Waals surface area contributed by atoms with Crippen LogP contribution >= 0.6 is 0 Å². The number of nitrogens with zero attached hydrogens (tertiary/aromatic N) is 1. The Hall–Kier alpha value is -1.49. The molecule has 0 saturated heterocycles. The Labute approximate surface area is 110 Å². The molecule has 0 amide bonds. The minimum absolute atomic E-state index is 0.456. The lowest BCUT2D eigenvalue weighted by atomic mass is 9.91. The number of nitriles is 1. The normalized spacial score (nSPS) is 25.7. The summed E-state index contributed by atoms with van der Waals surface area (Å²) in [5.74, 6) is 0.721. The summed E-state index contributed by atoms with van der Waals surface area (Å²) in [5.41, 5.74) is 2.71. The van der Waals surface area contributed by atoms with Crippen LogP contribution in [0.2, 0.25) is 0 Å². The van der Waals surface area contributed by atoms with Crippen LogP contribution < -0.4 is 5.32 Å². The molecule has 1 aromatic rings. The van der Waals surface area contributed by atoms with Gasteiger partial charge in [-0.3, -0.25) is 0 Å². The van der Waals surface area contributed by atoms with Crippen molar-refractivity contribution in [2.24, 2.45) is 11.3 Å². The maximum atomic E-state index is 8.65. The molecule has 1 aliphatic carbocycles. The molecule has 1 aliphatic rings. The zero-order chi connectivity index (χ0) is 13.2. The van der Waals surface area contributed by atoms with Crippen molar-refractivity contribution in [2.75, 3.05) is 5.32 Å². The van der Waals surface area contributed by atoms with Gasteiger partial charge in [-0.25, -0.2) is 0 Å². The Kier molecular flexibility index (Phi) is 3.61. The molecule has 2 atom stereocenters. The summed E-state index contributed by atoms with van der Waals surface area (Å²) in [4.78, 5) is 0. The van der Waals surface area contributed by atoms with E-state index in [4.69, 9.17) is 5.26 Å². The van der Waals surface area contributed by atoms with Crippen LogP contribution in [0.15, 0.2) is 24.3 Å². The van der Waals surface area contributed by atoms with E-state index in [1.165, 1.54) is 18.5 Å². The fraction of sp³-hybridized carbons (Fsp3) is 0.562. The molecule has 0 aromatic heterocycles. The minimum Gasteiger partial charge on any atom is -0.382 e. The molecule has 0 heterocycles. The van der Waals surface area contributed by atoms with Gasteiger partial charge in [0.15, 0.2) is 0 Å². The lowest BCUT2D eigenvalue weighted by Crippen LogP contribution is -2.22. The van der Waals surface area contributed by atoms with Gasteiger partial charge in [0.25, 0.3) is 0 Å². The summed E-state index contributed by atoms with van der Waals surface area (Å²) in [6.45, 7) is 7.03. The predicted octanol–water partition coefficient (Wildman–Crippen LogP) is 3.99. The Balaban J connectivity index is 2.00. The van der Waals surface area contributed by atoms with Crippen molar-refractivity contribution in [1.29, 1.82) is 5.26 Å². The topological polar surface area (TPSA) is 35.8 Å². The van der Waals surface area contributed by atoms with Crippen molar-refractivity contribution in [3.05, 3.63) is 29.8 Å². The molecule has 0 radical (unpaired) electrons. The molecule has 0 spiro atoms. The van der Waals surface area contributed by atoms with E-state index < -0.39 is 0 Å². The van der Waals surface area contributed by atoms with Gasteiger partial charge in [0, 0.05) is 11.7 Å². The molecule has 18 heavy (non-hydrogen) atoms. The molecule has 0 aliphatic heterocycles. The van der Waals surface area contributed by atoms with E-state index in [1.807, 2.05) is 12.1 Å². The van der Waals surface area contributed by atoms with E-state index in [-0.39, 0.29) is 0 Å². The zero-order valence-electron chi connectivity index (χ0n) is 11.5. The summed E-state index contributed by atoms with van der Waals surface area (Å²) in [6, 6.07) is 11.0. The Bertz CT molecular complexity index is 439. The molecule has 0 bridgehead atoms. The third-order valence-corrected chi connectivity index (χ3v) is 3.92. The molecule has 2 heteroatoms. The Morgan fingerprint density at radius 2 is 1.94 bits per heavy atom. The zero-order valence-corrected chi connectivity index (χ0v) is 11.5. The average Bonchev–Trinajstić information content (AvgIpc) is 2.55. The largest absolute Gasteiger partial charge is 0.382 e. The number of benzene rings is 1. The third-order valence-electron chi connectivity index (χ3n) is 3.92. The first-order valence-corrected chi connectivity index (χ1v) is 6.73. The highest BCUT2D eigenvalue weighted by Gasteiger charge is 2.36. The van der Waals surface area contributed by atoms with Crippen molar-refractivity contribution >= 4 is 5.69 Å². The molecule has 96 valence electrons. The molecular formula is C16H22N2. The molecular weight excluding hydrogens is 220 g/mol. The smallest absolute Gasteiger partial charge is 0.0669 e. The lowest BCUT2D eigenvalue weighted by molar-refractivity contribution is 0.366. The van der Waals surface area contributed by atoms with Crippen LogP contribution in [0.4, 0.5) is 5.69 Å². The Morgan fingerprint density at radius 1 is 1.28 bits per heavy atom.